The third-order valence-corrected chi connectivity index (χ3v) is 7.21. The summed E-state index contributed by atoms with van der Waals surface area (Å²) in [6.07, 6.45) is 6.00. The number of benzene rings is 2. The van der Waals surface area contributed by atoms with E-state index in [2.05, 4.69) is 48.3 Å². The van der Waals surface area contributed by atoms with Crippen LogP contribution in [0.1, 0.15) is 60.7 Å². The molecule has 3 heterocycles. The molecule has 6 rings (SSSR count). The normalized spacial score (nSPS) is 17.4. The average molecular weight is 459 g/mol. The van der Waals surface area contributed by atoms with Crippen molar-refractivity contribution in [3.05, 3.63) is 70.4 Å². The maximum Gasteiger partial charge on any atom is 0.178 e. The number of nitrogens with zero attached hydrogens (tertiary/aromatic N) is 3. The number of anilines is 1. The van der Waals surface area contributed by atoms with Gasteiger partial charge < -0.3 is 15.0 Å². The monoisotopic (exact) mass is 458 g/mol. The molecule has 0 atom stereocenters. The molecule has 0 unspecified atom stereocenters. The van der Waals surface area contributed by atoms with Gasteiger partial charge in [0.25, 0.3) is 0 Å². The van der Waals surface area contributed by atoms with E-state index in [0.29, 0.717) is 24.7 Å². The fourth-order valence-electron chi connectivity index (χ4n) is 5.24. The summed E-state index contributed by atoms with van der Waals surface area (Å²) in [6, 6.07) is 10.6. The van der Waals surface area contributed by atoms with E-state index in [1.54, 1.807) is 6.07 Å². The molecule has 0 spiro atoms. The zero-order chi connectivity index (χ0) is 23.2. The molecule has 34 heavy (non-hydrogen) atoms. The van der Waals surface area contributed by atoms with Gasteiger partial charge in [-0.25, -0.2) is 14.4 Å². The molecule has 5 nitrogen and oxygen atoms in total. The number of halogens is 1. The van der Waals surface area contributed by atoms with Gasteiger partial charge in [-0.05, 0) is 80.0 Å². The lowest BCUT2D eigenvalue weighted by atomic mass is 9.97. The Morgan fingerprint density at radius 2 is 2.06 bits per heavy atom. The third kappa shape index (κ3) is 4.05. The minimum Gasteiger partial charge on any atom is -0.486 e. The highest BCUT2D eigenvalue weighted by atomic mass is 19.1. The molecule has 176 valence electrons. The van der Waals surface area contributed by atoms with Crippen LogP contribution < -0.4 is 15.0 Å². The van der Waals surface area contributed by atoms with E-state index in [-0.39, 0.29) is 11.9 Å². The molecule has 0 saturated heterocycles. The lowest BCUT2D eigenvalue weighted by molar-refractivity contribution is 0.287. The third-order valence-electron chi connectivity index (χ3n) is 7.21. The van der Waals surface area contributed by atoms with Crippen molar-refractivity contribution in [2.24, 2.45) is 0 Å². The van der Waals surface area contributed by atoms with Gasteiger partial charge >= 0.3 is 0 Å². The van der Waals surface area contributed by atoms with Crippen LogP contribution in [-0.2, 0) is 19.4 Å². The van der Waals surface area contributed by atoms with Gasteiger partial charge in [0.1, 0.15) is 12.4 Å². The van der Waals surface area contributed by atoms with Crippen LogP contribution in [0.25, 0.3) is 11.3 Å². The molecule has 2 aromatic carbocycles. The predicted molar refractivity (Wildman–Crippen MR) is 132 cm³/mol. The summed E-state index contributed by atoms with van der Waals surface area (Å²) >= 11 is 0. The Labute approximate surface area is 200 Å². The summed E-state index contributed by atoms with van der Waals surface area (Å²) in [7, 11) is 0. The van der Waals surface area contributed by atoms with Crippen molar-refractivity contribution in [3.63, 3.8) is 0 Å². The fourth-order valence-corrected chi connectivity index (χ4v) is 5.24. The molecule has 1 fully saturated rings. The van der Waals surface area contributed by atoms with Crippen LogP contribution in [0.15, 0.2) is 36.5 Å². The molecule has 1 N–H and O–H groups in total. The number of fused-ring (bicyclic) bond motifs is 2. The Morgan fingerprint density at radius 1 is 1.18 bits per heavy atom. The number of aromatic nitrogens is 2. The van der Waals surface area contributed by atoms with Gasteiger partial charge in [0.2, 0.25) is 0 Å². The summed E-state index contributed by atoms with van der Waals surface area (Å²) in [5.41, 5.74) is 7.63. The Hall–Kier alpha value is -2.99. The number of hydrogen-bond acceptors (Lipinski definition) is 5. The molecule has 3 aliphatic rings. The summed E-state index contributed by atoms with van der Waals surface area (Å²) in [5.74, 6) is 1.28. The van der Waals surface area contributed by atoms with Crippen LogP contribution in [0, 0.1) is 5.82 Å². The average Bonchev–Trinajstić information content (AvgIpc) is 3.69. The molecule has 0 amide bonds. The van der Waals surface area contributed by atoms with Crippen LogP contribution >= 0.6 is 0 Å². The Kier molecular flexibility index (Phi) is 5.48. The van der Waals surface area contributed by atoms with E-state index in [4.69, 9.17) is 14.7 Å². The maximum absolute atomic E-state index is 15.2. The van der Waals surface area contributed by atoms with E-state index < -0.39 is 0 Å². The molecule has 1 aliphatic carbocycles. The van der Waals surface area contributed by atoms with Gasteiger partial charge in [-0.15, -0.1) is 0 Å². The molecule has 0 radical (unpaired) electrons. The highest BCUT2D eigenvalue weighted by molar-refractivity contribution is 5.74. The predicted octanol–water partition coefficient (Wildman–Crippen LogP) is 5.00. The standard InChI is InChI=1S/C28H31FN4O/c1-17(2)33-9-10-34-28-24(29)13-21(14-25(28)33)27-23(20-5-6-20)16-31-26(32-27)12-18-3-4-19-7-8-30-15-22(19)11-18/h3-4,11,13-14,16-17,20,30H,5-10,12,15H2,1-2H3. The molecule has 1 saturated carbocycles. The van der Waals surface area contributed by atoms with Crippen LogP contribution in [0.2, 0.25) is 0 Å². The SMILES string of the molecule is CC(C)N1CCOc2c(F)cc(-c3nc(Cc4ccc5c(c4)CNCC5)ncc3C3CC3)cc21. The number of nitrogens with one attached hydrogen (secondary N) is 1. The summed E-state index contributed by atoms with van der Waals surface area (Å²) in [4.78, 5) is 12.0. The largest absolute Gasteiger partial charge is 0.486 e. The first-order valence-corrected chi connectivity index (χ1v) is 12.5. The van der Waals surface area contributed by atoms with Gasteiger partial charge in [-0.1, -0.05) is 18.2 Å². The lowest BCUT2D eigenvalue weighted by Crippen LogP contribution is -2.38. The topological polar surface area (TPSA) is 50.3 Å². The first-order chi connectivity index (χ1) is 16.6. The second kappa shape index (κ2) is 8.66. The van der Waals surface area contributed by atoms with E-state index in [1.807, 2.05) is 6.20 Å². The van der Waals surface area contributed by atoms with Crippen LogP contribution in [0.5, 0.6) is 5.75 Å². The highest BCUT2D eigenvalue weighted by Gasteiger charge is 2.30. The van der Waals surface area contributed by atoms with Crippen molar-refractivity contribution >= 4 is 5.69 Å². The minimum absolute atomic E-state index is 0.264. The fraction of sp³-hybridized carbons (Fsp3) is 0.429. The quantitative estimate of drug-likeness (QED) is 0.583. The molecular formula is C28H31FN4O. The van der Waals surface area contributed by atoms with E-state index >= 15 is 4.39 Å². The van der Waals surface area contributed by atoms with E-state index in [0.717, 1.165) is 67.2 Å². The van der Waals surface area contributed by atoms with Crippen molar-refractivity contribution in [1.29, 1.82) is 0 Å². The molecular weight excluding hydrogens is 427 g/mol. The van der Waals surface area contributed by atoms with Gasteiger partial charge in [0.15, 0.2) is 11.6 Å². The molecule has 3 aromatic rings. The zero-order valence-corrected chi connectivity index (χ0v) is 19.9. The van der Waals surface area contributed by atoms with Gasteiger partial charge in [-0.2, -0.15) is 0 Å². The lowest BCUT2D eigenvalue weighted by Gasteiger charge is -2.35. The molecule has 1 aromatic heterocycles. The number of hydrogen-bond donors (Lipinski definition) is 1. The first-order valence-electron chi connectivity index (χ1n) is 12.5. The van der Waals surface area contributed by atoms with Crippen molar-refractivity contribution < 1.29 is 9.13 Å². The highest BCUT2D eigenvalue weighted by Crippen LogP contribution is 2.45. The van der Waals surface area contributed by atoms with Gasteiger partial charge in [0, 0.05) is 30.8 Å². The Bertz CT molecular complexity index is 1240. The second-order valence-corrected chi connectivity index (χ2v) is 10.0. The van der Waals surface area contributed by atoms with Crippen LogP contribution in [-0.4, -0.2) is 35.7 Å². The maximum atomic E-state index is 15.2. The van der Waals surface area contributed by atoms with Crippen molar-refractivity contribution in [1.82, 2.24) is 15.3 Å². The van der Waals surface area contributed by atoms with Crippen molar-refractivity contribution in [3.8, 4) is 17.0 Å². The number of ether oxygens (including phenoxy) is 1. The van der Waals surface area contributed by atoms with Crippen LogP contribution in [0.3, 0.4) is 0 Å². The van der Waals surface area contributed by atoms with Gasteiger partial charge in [0.05, 0.1) is 17.9 Å². The molecule has 0 bridgehead atoms. The minimum atomic E-state index is -0.318. The number of rotatable bonds is 5. The zero-order valence-electron chi connectivity index (χ0n) is 19.9. The summed E-state index contributed by atoms with van der Waals surface area (Å²) in [5, 5.41) is 3.45. The van der Waals surface area contributed by atoms with E-state index in [9.17, 15) is 0 Å². The molecule has 6 heteroatoms. The summed E-state index contributed by atoms with van der Waals surface area (Å²) < 4.78 is 20.9. The van der Waals surface area contributed by atoms with Crippen molar-refractivity contribution in [2.75, 3.05) is 24.6 Å². The first kappa shape index (κ1) is 21.5. The second-order valence-electron chi connectivity index (χ2n) is 10.0. The van der Waals surface area contributed by atoms with Crippen LogP contribution in [0.4, 0.5) is 10.1 Å². The molecule has 2 aliphatic heterocycles. The Morgan fingerprint density at radius 3 is 2.88 bits per heavy atom. The van der Waals surface area contributed by atoms with E-state index in [1.165, 1.54) is 16.7 Å². The van der Waals surface area contributed by atoms with Gasteiger partial charge in [-0.3, -0.25) is 0 Å². The van der Waals surface area contributed by atoms with Crippen molar-refractivity contribution in [2.45, 2.75) is 58.0 Å². The Balaban J connectivity index is 1.39. The smallest absolute Gasteiger partial charge is 0.178 e. The summed E-state index contributed by atoms with van der Waals surface area (Å²) in [6.45, 7) is 7.48.